The van der Waals surface area contributed by atoms with Crippen molar-refractivity contribution < 1.29 is 9.84 Å². The van der Waals surface area contributed by atoms with Crippen molar-refractivity contribution in [3.63, 3.8) is 0 Å². The molecule has 0 aliphatic heterocycles. The topological polar surface area (TPSA) is 42.4 Å². The molecule has 0 aromatic carbocycles. The highest BCUT2D eigenvalue weighted by Gasteiger charge is 2.18. The summed E-state index contributed by atoms with van der Waals surface area (Å²) in [6, 6.07) is 1.91. The molecule has 0 saturated heterocycles. The lowest BCUT2D eigenvalue weighted by molar-refractivity contribution is 0.0409. The summed E-state index contributed by atoms with van der Waals surface area (Å²) in [6.45, 7) is 11.4. The van der Waals surface area contributed by atoms with Gasteiger partial charge in [0.2, 0.25) is 0 Å². The number of nitrogens with zero attached hydrogens (tertiary/aromatic N) is 1. The van der Waals surface area contributed by atoms with E-state index in [1.807, 2.05) is 33.8 Å². The van der Waals surface area contributed by atoms with Crippen LogP contribution in [0.15, 0.2) is 18.8 Å². The minimum Gasteiger partial charge on any atom is -0.484 e. The molecule has 0 bridgehead atoms. The Bertz CT molecular complexity index is 397. The largest absolute Gasteiger partial charge is 0.484 e. The highest BCUT2D eigenvalue weighted by Crippen LogP contribution is 2.22. The first kappa shape index (κ1) is 12.7. The van der Waals surface area contributed by atoms with E-state index < -0.39 is 5.60 Å². The van der Waals surface area contributed by atoms with E-state index in [0.29, 0.717) is 5.75 Å². The van der Waals surface area contributed by atoms with E-state index >= 15 is 0 Å². The van der Waals surface area contributed by atoms with Gasteiger partial charge >= 0.3 is 0 Å². The van der Waals surface area contributed by atoms with E-state index in [1.165, 1.54) is 0 Å². The molecule has 0 radical (unpaired) electrons. The molecule has 3 heteroatoms. The van der Waals surface area contributed by atoms with Gasteiger partial charge in [0.25, 0.3) is 0 Å². The van der Waals surface area contributed by atoms with E-state index in [2.05, 4.69) is 11.6 Å². The zero-order valence-electron chi connectivity index (χ0n) is 10.4. The van der Waals surface area contributed by atoms with Crippen molar-refractivity contribution in [1.29, 1.82) is 0 Å². The third-order valence-corrected chi connectivity index (χ3v) is 2.23. The molecule has 1 aromatic heterocycles. The highest BCUT2D eigenvalue weighted by molar-refractivity contribution is 5.61. The number of allylic oxidation sites excluding steroid dienone is 1. The van der Waals surface area contributed by atoms with Crippen LogP contribution in [-0.2, 0) is 0 Å². The number of aryl methyl sites for hydroxylation is 1. The zero-order valence-corrected chi connectivity index (χ0v) is 10.4. The Morgan fingerprint density at radius 3 is 2.62 bits per heavy atom. The quantitative estimate of drug-likeness (QED) is 0.849. The van der Waals surface area contributed by atoms with Crippen LogP contribution in [0.25, 0.3) is 5.57 Å². The molecule has 1 rings (SSSR count). The fraction of sp³-hybridized carbons (Fsp3) is 0.462. The zero-order chi connectivity index (χ0) is 12.3. The van der Waals surface area contributed by atoms with Gasteiger partial charge in [-0.1, -0.05) is 6.58 Å². The maximum Gasteiger partial charge on any atom is 0.138 e. The Morgan fingerprint density at radius 2 is 2.19 bits per heavy atom. The van der Waals surface area contributed by atoms with Crippen LogP contribution in [0.5, 0.6) is 5.75 Å². The predicted octanol–water partition coefficient (Wildman–Crippen LogP) is 2.57. The first-order valence-electron chi connectivity index (χ1n) is 5.28. The fourth-order valence-electron chi connectivity index (χ4n) is 1.40. The minimum absolute atomic E-state index is 0.0334. The molecule has 0 spiro atoms. The lowest BCUT2D eigenvalue weighted by atomic mass is 10.1. The molecule has 0 saturated carbocycles. The number of rotatable bonds is 4. The Hall–Kier alpha value is -1.35. The lowest BCUT2D eigenvalue weighted by Crippen LogP contribution is -2.32. The molecule has 1 aromatic rings. The summed E-state index contributed by atoms with van der Waals surface area (Å²) >= 11 is 0. The van der Waals surface area contributed by atoms with Crippen LogP contribution >= 0.6 is 0 Å². The summed E-state index contributed by atoms with van der Waals surface area (Å²) in [5, 5.41) is 9.11. The third kappa shape index (κ3) is 3.07. The summed E-state index contributed by atoms with van der Waals surface area (Å²) in [4.78, 5) is 4.29. The van der Waals surface area contributed by atoms with E-state index in [1.54, 1.807) is 6.20 Å². The van der Waals surface area contributed by atoms with Crippen LogP contribution in [0, 0.1) is 6.92 Å². The van der Waals surface area contributed by atoms with E-state index in [9.17, 15) is 0 Å². The summed E-state index contributed by atoms with van der Waals surface area (Å²) in [6.07, 6.45) is 1.66. The van der Waals surface area contributed by atoms with Gasteiger partial charge in [-0.2, -0.15) is 0 Å². The molecular formula is C13H19NO2. The van der Waals surface area contributed by atoms with Gasteiger partial charge in [-0.05, 0) is 44.9 Å². The SMILES string of the molecule is C=C(C)c1ncc(OC(C)(C)CO)cc1C. The Morgan fingerprint density at radius 1 is 1.56 bits per heavy atom. The molecule has 0 aliphatic carbocycles. The Labute approximate surface area is 96.8 Å². The number of aliphatic hydroxyl groups is 1. The highest BCUT2D eigenvalue weighted by atomic mass is 16.5. The number of aliphatic hydroxyl groups excluding tert-OH is 1. The van der Waals surface area contributed by atoms with Crippen molar-refractivity contribution in [2.75, 3.05) is 6.61 Å². The van der Waals surface area contributed by atoms with Gasteiger partial charge in [-0.3, -0.25) is 4.98 Å². The number of pyridine rings is 1. The molecule has 88 valence electrons. The molecule has 0 aliphatic rings. The van der Waals surface area contributed by atoms with Gasteiger partial charge in [0.15, 0.2) is 0 Å². The number of ether oxygens (including phenoxy) is 1. The second kappa shape index (κ2) is 4.66. The summed E-state index contributed by atoms with van der Waals surface area (Å²) in [5.41, 5.74) is 2.28. The Balaban J connectivity index is 2.94. The number of hydrogen-bond donors (Lipinski definition) is 1. The third-order valence-electron chi connectivity index (χ3n) is 2.23. The van der Waals surface area contributed by atoms with E-state index in [-0.39, 0.29) is 6.61 Å². The standard InChI is InChI=1S/C13H19NO2/c1-9(2)12-10(3)6-11(7-14-12)16-13(4,5)8-15/h6-7,15H,1,8H2,2-5H3. The Kier molecular flexibility index (Phi) is 3.70. The maximum absolute atomic E-state index is 9.11. The van der Waals surface area contributed by atoms with Crippen LogP contribution in [0.3, 0.4) is 0 Å². The smallest absolute Gasteiger partial charge is 0.138 e. The molecule has 1 N–H and O–H groups in total. The van der Waals surface area contributed by atoms with Crippen LogP contribution in [-0.4, -0.2) is 22.3 Å². The van der Waals surface area contributed by atoms with Gasteiger partial charge in [-0.15, -0.1) is 0 Å². The van der Waals surface area contributed by atoms with Crippen LogP contribution < -0.4 is 4.74 Å². The molecule has 1 heterocycles. The second-order valence-electron chi connectivity index (χ2n) is 4.64. The molecule has 0 amide bonds. The molecule has 16 heavy (non-hydrogen) atoms. The average molecular weight is 221 g/mol. The molecule has 0 unspecified atom stereocenters. The lowest BCUT2D eigenvalue weighted by Gasteiger charge is -2.24. The predicted molar refractivity (Wildman–Crippen MR) is 65.5 cm³/mol. The van der Waals surface area contributed by atoms with E-state index in [0.717, 1.165) is 16.8 Å². The van der Waals surface area contributed by atoms with E-state index in [4.69, 9.17) is 9.84 Å². The molecule has 3 nitrogen and oxygen atoms in total. The monoisotopic (exact) mass is 221 g/mol. The van der Waals surface area contributed by atoms with Crippen molar-refractivity contribution in [1.82, 2.24) is 4.98 Å². The first-order valence-corrected chi connectivity index (χ1v) is 5.28. The van der Waals surface area contributed by atoms with Gasteiger partial charge in [-0.25, -0.2) is 0 Å². The van der Waals surface area contributed by atoms with Crippen molar-refractivity contribution in [2.24, 2.45) is 0 Å². The van der Waals surface area contributed by atoms with Gasteiger partial charge in [0, 0.05) is 0 Å². The van der Waals surface area contributed by atoms with Crippen molar-refractivity contribution in [3.8, 4) is 5.75 Å². The normalized spacial score (nSPS) is 11.3. The first-order chi connectivity index (χ1) is 7.35. The second-order valence-corrected chi connectivity index (χ2v) is 4.64. The van der Waals surface area contributed by atoms with Gasteiger partial charge < -0.3 is 9.84 Å². The fourth-order valence-corrected chi connectivity index (χ4v) is 1.40. The minimum atomic E-state index is -0.584. The van der Waals surface area contributed by atoms with Crippen LogP contribution in [0.2, 0.25) is 0 Å². The maximum atomic E-state index is 9.11. The van der Waals surface area contributed by atoms with Crippen LogP contribution in [0.4, 0.5) is 0 Å². The molecule has 0 atom stereocenters. The van der Waals surface area contributed by atoms with Gasteiger partial charge in [0.1, 0.15) is 11.4 Å². The number of aromatic nitrogens is 1. The van der Waals surface area contributed by atoms with Gasteiger partial charge in [0.05, 0.1) is 18.5 Å². The number of hydrogen-bond acceptors (Lipinski definition) is 3. The molecular weight excluding hydrogens is 202 g/mol. The average Bonchev–Trinajstić information content (AvgIpc) is 2.16. The van der Waals surface area contributed by atoms with Crippen molar-refractivity contribution >= 4 is 5.57 Å². The van der Waals surface area contributed by atoms with Crippen molar-refractivity contribution in [2.45, 2.75) is 33.3 Å². The molecule has 0 fully saturated rings. The summed E-state index contributed by atoms with van der Waals surface area (Å²) in [7, 11) is 0. The summed E-state index contributed by atoms with van der Waals surface area (Å²) in [5.74, 6) is 0.668. The van der Waals surface area contributed by atoms with Crippen molar-refractivity contribution in [3.05, 3.63) is 30.1 Å². The van der Waals surface area contributed by atoms with Crippen LogP contribution in [0.1, 0.15) is 32.0 Å². The summed E-state index contributed by atoms with van der Waals surface area (Å²) < 4.78 is 5.62.